The maximum Gasteiger partial charge on any atom is 0.405 e. The molecular weight excluding hydrogens is 185 g/mol. The van der Waals surface area contributed by atoms with Crippen LogP contribution in [0.4, 0.5) is 24.8 Å². The molecular formula is C6H7F3N4. The van der Waals surface area contributed by atoms with Crippen molar-refractivity contribution in [2.45, 2.75) is 6.18 Å². The molecule has 0 amide bonds. The van der Waals surface area contributed by atoms with Crippen LogP contribution in [0.2, 0.25) is 0 Å². The molecule has 1 heterocycles. The van der Waals surface area contributed by atoms with Gasteiger partial charge in [-0.2, -0.15) is 13.2 Å². The molecule has 0 aliphatic rings. The predicted octanol–water partition coefficient (Wildman–Crippen LogP) is 1.03. The summed E-state index contributed by atoms with van der Waals surface area (Å²) in [6, 6.07) is 0. The first-order valence-electron chi connectivity index (χ1n) is 3.35. The first kappa shape index (κ1) is 9.56. The highest BCUT2D eigenvalue weighted by atomic mass is 19.4. The van der Waals surface area contributed by atoms with Crippen LogP contribution in [-0.4, -0.2) is 22.7 Å². The SMILES string of the molecule is Nc1cnc(NCC(F)(F)F)nc1. The number of nitrogens with zero attached hydrogens (tertiary/aromatic N) is 2. The predicted molar refractivity (Wildman–Crippen MR) is 41.0 cm³/mol. The van der Waals surface area contributed by atoms with Crippen LogP contribution in [0.5, 0.6) is 0 Å². The van der Waals surface area contributed by atoms with E-state index in [1.807, 2.05) is 5.32 Å². The van der Waals surface area contributed by atoms with Crippen molar-refractivity contribution in [2.24, 2.45) is 0 Å². The summed E-state index contributed by atoms with van der Waals surface area (Å²) in [5.74, 6) is -0.0912. The zero-order valence-electron chi connectivity index (χ0n) is 6.47. The summed E-state index contributed by atoms with van der Waals surface area (Å²) in [7, 11) is 0. The van der Waals surface area contributed by atoms with Crippen molar-refractivity contribution in [1.29, 1.82) is 0 Å². The summed E-state index contributed by atoms with van der Waals surface area (Å²) >= 11 is 0. The largest absolute Gasteiger partial charge is 0.405 e. The van der Waals surface area contributed by atoms with Crippen LogP contribution in [-0.2, 0) is 0 Å². The maximum atomic E-state index is 11.7. The van der Waals surface area contributed by atoms with Crippen molar-refractivity contribution in [2.75, 3.05) is 17.6 Å². The highest BCUT2D eigenvalue weighted by Gasteiger charge is 2.26. The molecule has 0 aromatic carbocycles. The van der Waals surface area contributed by atoms with Gasteiger partial charge in [0.25, 0.3) is 0 Å². The van der Waals surface area contributed by atoms with Crippen molar-refractivity contribution in [1.82, 2.24) is 9.97 Å². The zero-order valence-corrected chi connectivity index (χ0v) is 6.47. The topological polar surface area (TPSA) is 63.8 Å². The zero-order chi connectivity index (χ0) is 9.90. The molecule has 1 aromatic rings. The van der Waals surface area contributed by atoms with E-state index in [1.54, 1.807) is 0 Å². The minimum absolute atomic E-state index is 0.0912. The molecule has 0 aliphatic heterocycles. The fraction of sp³-hybridized carbons (Fsp3) is 0.333. The van der Waals surface area contributed by atoms with Gasteiger partial charge in [0.05, 0.1) is 18.1 Å². The van der Waals surface area contributed by atoms with Gasteiger partial charge in [-0.3, -0.25) is 0 Å². The van der Waals surface area contributed by atoms with E-state index in [-0.39, 0.29) is 5.95 Å². The molecule has 0 spiro atoms. The van der Waals surface area contributed by atoms with E-state index in [1.165, 1.54) is 12.4 Å². The Labute approximate surface area is 72.0 Å². The summed E-state index contributed by atoms with van der Waals surface area (Å²) in [4.78, 5) is 7.07. The van der Waals surface area contributed by atoms with Gasteiger partial charge in [0.2, 0.25) is 5.95 Å². The van der Waals surface area contributed by atoms with Crippen LogP contribution in [0.15, 0.2) is 12.4 Å². The quantitative estimate of drug-likeness (QED) is 0.734. The molecule has 1 aromatic heterocycles. The first-order chi connectivity index (χ1) is 5.97. The van der Waals surface area contributed by atoms with E-state index in [0.29, 0.717) is 5.69 Å². The number of rotatable bonds is 2. The number of hydrogen-bond acceptors (Lipinski definition) is 4. The molecule has 3 N–H and O–H groups in total. The lowest BCUT2D eigenvalue weighted by molar-refractivity contribution is -0.115. The monoisotopic (exact) mass is 192 g/mol. The molecule has 7 heteroatoms. The van der Waals surface area contributed by atoms with Crippen molar-refractivity contribution >= 4 is 11.6 Å². The number of hydrogen-bond donors (Lipinski definition) is 2. The van der Waals surface area contributed by atoms with Gasteiger partial charge in [-0.15, -0.1) is 0 Å². The minimum atomic E-state index is -4.27. The Kier molecular flexibility index (Phi) is 2.54. The summed E-state index contributed by atoms with van der Waals surface area (Å²) in [6.07, 6.45) is -1.82. The average molecular weight is 192 g/mol. The standard InChI is InChI=1S/C6H7F3N4/c7-6(8,9)3-13-5-11-1-4(10)2-12-5/h1-2H,3,10H2,(H,11,12,13). The van der Waals surface area contributed by atoms with Gasteiger partial charge in [0.15, 0.2) is 0 Å². The van der Waals surface area contributed by atoms with E-state index in [0.717, 1.165) is 0 Å². The highest BCUT2D eigenvalue weighted by molar-refractivity contribution is 5.35. The molecule has 72 valence electrons. The van der Waals surface area contributed by atoms with Crippen LogP contribution >= 0.6 is 0 Å². The lowest BCUT2D eigenvalue weighted by atomic mass is 10.5. The summed E-state index contributed by atoms with van der Waals surface area (Å²) in [5.41, 5.74) is 5.54. The summed E-state index contributed by atoms with van der Waals surface area (Å²) in [6.45, 7) is -1.16. The van der Waals surface area contributed by atoms with Gasteiger partial charge in [-0.05, 0) is 0 Å². The van der Waals surface area contributed by atoms with Crippen LogP contribution < -0.4 is 11.1 Å². The van der Waals surface area contributed by atoms with E-state index in [9.17, 15) is 13.2 Å². The van der Waals surface area contributed by atoms with Gasteiger partial charge in [-0.25, -0.2) is 9.97 Å². The van der Waals surface area contributed by atoms with E-state index >= 15 is 0 Å². The maximum absolute atomic E-state index is 11.7. The van der Waals surface area contributed by atoms with Gasteiger partial charge in [0, 0.05) is 0 Å². The number of nitrogen functional groups attached to an aromatic ring is 1. The molecule has 0 atom stereocenters. The number of alkyl halides is 3. The van der Waals surface area contributed by atoms with E-state index < -0.39 is 12.7 Å². The third kappa shape index (κ3) is 3.59. The normalized spacial score (nSPS) is 11.3. The number of aromatic nitrogens is 2. The lowest BCUT2D eigenvalue weighted by Gasteiger charge is -2.07. The minimum Gasteiger partial charge on any atom is -0.396 e. The molecule has 0 fully saturated rings. The number of halogens is 3. The second-order valence-electron chi connectivity index (χ2n) is 2.31. The van der Waals surface area contributed by atoms with E-state index in [4.69, 9.17) is 5.73 Å². The Morgan fingerprint density at radius 1 is 1.31 bits per heavy atom. The molecule has 4 nitrogen and oxygen atoms in total. The molecule has 0 saturated carbocycles. The highest BCUT2D eigenvalue weighted by Crippen LogP contribution is 2.14. The van der Waals surface area contributed by atoms with Crippen LogP contribution in [0.1, 0.15) is 0 Å². The van der Waals surface area contributed by atoms with E-state index in [2.05, 4.69) is 9.97 Å². The third-order valence-corrected chi connectivity index (χ3v) is 1.12. The van der Waals surface area contributed by atoms with Gasteiger partial charge in [-0.1, -0.05) is 0 Å². The Morgan fingerprint density at radius 2 is 1.85 bits per heavy atom. The van der Waals surface area contributed by atoms with Crippen molar-refractivity contribution < 1.29 is 13.2 Å². The third-order valence-electron chi connectivity index (χ3n) is 1.12. The fourth-order valence-electron chi connectivity index (χ4n) is 0.609. The number of anilines is 2. The number of nitrogens with one attached hydrogen (secondary N) is 1. The lowest BCUT2D eigenvalue weighted by Crippen LogP contribution is -2.22. The fourth-order valence-corrected chi connectivity index (χ4v) is 0.609. The Bertz CT molecular complexity index is 268. The van der Waals surface area contributed by atoms with Crippen LogP contribution in [0, 0.1) is 0 Å². The van der Waals surface area contributed by atoms with Crippen molar-refractivity contribution in [3.63, 3.8) is 0 Å². The van der Waals surface area contributed by atoms with Gasteiger partial charge < -0.3 is 11.1 Å². The van der Waals surface area contributed by atoms with Crippen LogP contribution in [0.25, 0.3) is 0 Å². The second-order valence-corrected chi connectivity index (χ2v) is 2.31. The van der Waals surface area contributed by atoms with Crippen molar-refractivity contribution in [3.05, 3.63) is 12.4 Å². The summed E-state index contributed by atoms with van der Waals surface area (Å²) in [5, 5.41) is 2.01. The van der Waals surface area contributed by atoms with Crippen molar-refractivity contribution in [3.8, 4) is 0 Å². The second kappa shape index (κ2) is 3.46. The first-order valence-corrected chi connectivity index (χ1v) is 3.35. The van der Waals surface area contributed by atoms with Gasteiger partial charge in [0.1, 0.15) is 6.54 Å². The molecule has 0 radical (unpaired) electrons. The number of nitrogens with two attached hydrogens (primary N) is 1. The molecule has 1 rings (SSSR count). The summed E-state index contributed by atoms with van der Waals surface area (Å²) < 4.78 is 35.0. The van der Waals surface area contributed by atoms with Gasteiger partial charge >= 0.3 is 6.18 Å². The molecule has 13 heavy (non-hydrogen) atoms. The molecule has 0 unspecified atom stereocenters. The molecule has 0 bridgehead atoms. The molecule has 0 aliphatic carbocycles. The van der Waals surface area contributed by atoms with Crippen LogP contribution in [0.3, 0.4) is 0 Å². The Balaban J connectivity index is 2.51. The smallest absolute Gasteiger partial charge is 0.396 e. The molecule has 0 saturated heterocycles. The Morgan fingerprint density at radius 3 is 2.31 bits per heavy atom. The average Bonchev–Trinajstić information content (AvgIpc) is 2.02. The Hall–Kier alpha value is -1.53.